The van der Waals surface area contributed by atoms with E-state index >= 15 is 0 Å². The summed E-state index contributed by atoms with van der Waals surface area (Å²) in [5, 5.41) is 2.75. The molecule has 2 atom stereocenters. The first-order valence-corrected chi connectivity index (χ1v) is 5.35. The van der Waals surface area contributed by atoms with Gasteiger partial charge in [0, 0.05) is 25.4 Å². The maximum Gasteiger partial charge on any atom is 0.252 e. The van der Waals surface area contributed by atoms with Crippen LogP contribution in [0.4, 0.5) is 8.78 Å². The van der Waals surface area contributed by atoms with Crippen molar-refractivity contribution in [1.82, 2.24) is 10.2 Å². The summed E-state index contributed by atoms with van der Waals surface area (Å²) < 4.78 is 26.7. The van der Waals surface area contributed by atoms with Crippen molar-refractivity contribution in [2.45, 2.75) is 18.8 Å². The number of amides is 1. The molecule has 2 unspecified atom stereocenters. The van der Waals surface area contributed by atoms with E-state index in [0.29, 0.717) is 13.0 Å². The van der Waals surface area contributed by atoms with E-state index < -0.39 is 11.8 Å². The SMILES string of the molecule is CNCC(=O)N1CC2CCC(F)(F)C2C1. The number of hydrogen-bond donors (Lipinski definition) is 1. The highest BCUT2D eigenvalue weighted by Gasteiger charge is 2.54. The number of nitrogens with zero attached hydrogens (tertiary/aromatic N) is 1. The van der Waals surface area contributed by atoms with Crippen LogP contribution in [0, 0.1) is 11.8 Å². The van der Waals surface area contributed by atoms with Gasteiger partial charge in [-0.25, -0.2) is 8.78 Å². The first kappa shape index (κ1) is 10.8. The molecule has 1 saturated heterocycles. The molecule has 1 amide bonds. The van der Waals surface area contributed by atoms with E-state index in [0.717, 1.165) is 0 Å². The van der Waals surface area contributed by atoms with Crippen LogP contribution in [0.5, 0.6) is 0 Å². The Hall–Kier alpha value is -0.710. The number of carbonyl (C=O) groups excluding carboxylic acids is 1. The molecule has 15 heavy (non-hydrogen) atoms. The predicted molar refractivity (Wildman–Crippen MR) is 51.7 cm³/mol. The fraction of sp³-hybridized carbons (Fsp3) is 0.900. The molecule has 1 heterocycles. The largest absolute Gasteiger partial charge is 0.341 e. The molecule has 3 nitrogen and oxygen atoms in total. The van der Waals surface area contributed by atoms with Crippen molar-refractivity contribution in [2.24, 2.45) is 11.8 Å². The van der Waals surface area contributed by atoms with Gasteiger partial charge in [0.05, 0.1) is 6.54 Å². The Morgan fingerprint density at radius 2 is 2.27 bits per heavy atom. The minimum atomic E-state index is -2.56. The quantitative estimate of drug-likeness (QED) is 0.740. The van der Waals surface area contributed by atoms with Crippen molar-refractivity contribution >= 4 is 5.91 Å². The first-order chi connectivity index (χ1) is 7.04. The molecule has 2 fully saturated rings. The van der Waals surface area contributed by atoms with Crippen LogP contribution >= 0.6 is 0 Å². The molecule has 0 bridgehead atoms. The van der Waals surface area contributed by atoms with Gasteiger partial charge in [-0.15, -0.1) is 0 Å². The zero-order valence-corrected chi connectivity index (χ0v) is 8.80. The van der Waals surface area contributed by atoms with Gasteiger partial charge in [-0.1, -0.05) is 0 Å². The van der Waals surface area contributed by atoms with E-state index in [-0.39, 0.29) is 31.3 Å². The standard InChI is InChI=1S/C10H16F2N2O/c1-13-4-9(15)14-5-7-2-3-10(11,12)8(7)6-14/h7-8,13H,2-6H2,1H3. The van der Waals surface area contributed by atoms with Crippen molar-refractivity contribution < 1.29 is 13.6 Å². The highest BCUT2D eigenvalue weighted by molar-refractivity contribution is 5.78. The smallest absolute Gasteiger partial charge is 0.252 e. The number of hydrogen-bond acceptors (Lipinski definition) is 2. The number of alkyl halides is 2. The fourth-order valence-electron chi connectivity index (χ4n) is 2.67. The summed E-state index contributed by atoms with van der Waals surface area (Å²) in [4.78, 5) is 13.1. The molecule has 0 aromatic heterocycles. The van der Waals surface area contributed by atoms with Crippen LogP contribution in [0.15, 0.2) is 0 Å². The number of halogens is 2. The first-order valence-electron chi connectivity index (χ1n) is 5.35. The molecule has 1 aliphatic carbocycles. The molecule has 1 aliphatic heterocycles. The molecule has 0 spiro atoms. The second-order valence-corrected chi connectivity index (χ2v) is 4.50. The molecule has 86 valence electrons. The molecule has 0 aromatic carbocycles. The van der Waals surface area contributed by atoms with E-state index in [9.17, 15) is 13.6 Å². The average Bonchev–Trinajstić information content (AvgIpc) is 2.68. The Bertz CT molecular complexity index is 270. The molecular formula is C10H16F2N2O. The Kier molecular flexibility index (Phi) is 2.66. The van der Waals surface area contributed by atoms with E-state index in [4.69, 9.17) is 0 Å². The Morgan fingerprint density at radius 3 is 2.87 bits per heavy atom. The van der Waals surface area contributed by atoms with Gasteiger partial charge in [0.2, 0.25) is 5.91 Å². The zero-order valence-electron chi connectivity index (χ0n) is 8.80. The van der Waals surface area contributed by atoms with Crippen LogP contribution in [0.25, 0.3) is 0 Å². The number of likely N-dealkylation sites (tertiary alicyclic amines) is 1. The Labute approximate surface area is 87.8 Å². The van der Waals surface area contributed by atoms with Gasteiger partial charge in [0.15, 0.2) is 0 Å². The summed E-state index contributed by atoms with van der Waals surface area (Å²) in [6.07, 6.45) is 0.553. The van der Waals surface area contributed by atoms with Gasteiger partial charge < -0.3 is 10.2 Å². The van der Waals surface area contributed by atoms with E-state index in [1.807, 2.05) is 0 Å². The minimum Gasteiger partial charge on any atom is -0.341 e. The number of likely N-dealkylation sites (N-methyl/N-ethyl adjacent to an activating group) is 1. The summed E-state index contributed by atoms with van der Waals surface area (Å²) in [6.45, 7) is 0.990. The second kappa shape index (κ2) is 3.70. The topological polar surface area (TPSA) is 32.3 Å². The fourth-order valence-corrected chi connectivity index (χ4v) is 2.67. The minimum absolute atomic E-state index is 0.00358. The van der Waals surface area contributed by atoms with Crippen LogP contribution in [0.2, 0.25) is 0 Å². The summed E-state index contributed by atoms with van der Waals surface area (Å²) >= 11 is 0. The molecule has 1 saturated carbocycles. The molecular weight excluding hydrogens is 202 g/mol. The number of nitrogens with one attached hydrogen (secondary N) is 1. The van der Waals surface area contributed by atoms with E-state index in [1.165, 1.54) is 0 Å². The highest BCUT2D eigenvalue weighted by atomic mass is 19.3. The van der Waals surface area contributed by atoms with Gasteiger partial charge in [0.25, 0.3) is 5.92 Å². The van der Waals surface area contributed by atoms with Crippen molar-refractivity contribution in [3.8, 4) is 0 Å². The van der Waals surface area contributed by atoms with Crippen LogP contribution < -0.4 is 5.32 Å². The third kappa shape index (κ3) is 1.85. The lowest BCUT2D eigenvalue weighted by atomic mass is 9.99. The molecule has 0 aromatic rings. The molecule has 0 radical (unpaired) electrons. The lowest BCUT2D eigenvalue weighted by Crippen LogP contribution is -2.37. The maximum atomic E-state index is 13.4. The Balaban J connectivity index is 1.98. The lowest BCUT2D eigenvalue weighted by Gasteiger charge is -2.20. The summed E-state index contributed by atoms with van der Waals surface area (Å²) in [5.74, 6) is -3.21. The third-order valence-corrected chi connectivity index (χ3v) is 3.51. The van der Waals surface area contributed by atoms with Crippen molar-refractivity contribution in [2.75, 3.05) is 26.7 Å². The summed E-state index contributed by atoms with van der Waals surface area (Å²) in [7, 11) is 1.68. The third-order valence-electron chi connectivity index (χ3n) is 3.51. The van der Waals surface area contributed by atoms with Crippen molar-refractivity contribution in [3.63, 3.8) is 0 Å². The zero-order chi connectivity index (χ0) is 11.1. The maximum absolute atomic E-state index is 13.4. The normalized spacial score (nSPS) is 33.1. The van der Waals surface area contributed by atoms with Crippen molar-refractivity contribution in [3.05, 3.63) is 0 Å². The predicted octanol–water partition coefficient (Wildman–Crippen LogP) is 0.709. The monoisotopic (exact) mass is 218 g/mol. The lowest BCUT2D eigenvalue weighted by molar-refractivity contribution is -0.130. The summed E-state index contributed by atoms with van der Waals surface area (Å²) in [5.41, 5.74) is 0. The summed E-state index contributed by atoms with van der Waals surface area (Å²) in [6, 6.07) is 0. The van der Waals surface area contributed by atoms with Gasteiger partial charge in [-0.2, -0.15) is 0 Å². The second-order valence-electron chi connectivity index (χ2n) is 4.50. The van der Waals surface area contributed by atoms with Gasteiger partial charge in [-0.3, -0.25) is 4.79 Å². The Morgan fingerprint density at radius 1 is 1.53 bits per heavy atom. The van der Waals surface area contributed by atoms with Gasteiger partial charge >= 0.3 is 0 Å². The molecule has 2 aliphatic rings. The van der Waals surface area contributed by atoms with E-state index in [1.54, 1.807) is 11.9 Å². The van der Waals surface area contributed by atoms with Gasteiger partial charge in [0.1, 0.15) is 0 Å². The van der Waals surface area contributed by atoms with Crippen LogP contribution in [-0.2, 0) is 4.79 Å². The van der Waals surface area contributed by atoms with Gasteiger partial charge in [-0.05, 0) is 19.4 Å². The van der Waals surface area contributed by atoms with Crippen LogP contribution in [0.3, 0.4) is 0 Å². The average molecular weight is 218 g/mol. The highest BCUT2D eigenvalue weighted by Crippen LogP contribution is 2.48. The van der Waals surface area contributed by atoms with Crippen molar-refractivity contribution in [1.29, 1.82) is 0 Å². The molecule has 2 rings (SSSR count). The number of fused-ring (bicyclic) bond motifs is 1. The van der Waals surface area contributed by atoms with Crippen LogP contribution in [-0.4, -0.2) is 43.4 Å². The molecule has 1 N–H and O–H groups in total. The van der Waals surface area contributed by atoms with Crippen LogP contribution in [0.1, 0.15) is 12.8 Å². The molecule has 5 heteroatoms. The van der Waals surface area contributed by atoms with E-state index in [2.05, 4.69) is 5.32 Å². The number of rotatable bonds is 2. The number of carbonyl (C=O) groups is 1.